The van der Waals surface area contributed by atoms with E-state index in [1.807, 2.05) is 20.8 Å². The fraction of sp³-hybridized carbons (Fsp3) is 0.909. The summed E-state index contributed by atoms with van der Waals surface area (Å²) in [4.78, 5) is 11.7. The van der Waals surface area contributed by atoms with E-state index in [9.17, 15) is 4.79 Å². The summed E-state index contributed by atoms with van der Waals surface area (Å²) < 4.78 is 0. The normalized spacial score (nSPS) is 28.6. The van der Waals surface area contributed by atoms with Crippen LogP contribution in [-0.4, -0.2) is 25.0 Å². The molecule has 0 aromatic heterocycles. The fourth-order valence-corrected chi connectivity index (χ4v) is 1.67. The van der Waals surface area contributed by atoms with Gasteiger partial charge in [-0.25, -0.2) is 0 Å². The van der Waals surface area contributed by atoms with E-state index < -0.39 is 0 Å². The SMILES string of the molecule is CC1CNCC(NC(=O)C(C)(C)C)C1. The van der Waals surface area contributed by atoms with Crippen LogP contribution in [0.25, 0.3) is 0 Å². The molecule has 1 fully saturated rings. The Morgan fingerprint density at radius 3 is 2.50 bits per heavy atom. The Balaban J connectivity index is 2.40. The molecule has 2 N–H and O–H groups in total. The molecular formula is C11H22N2O. The maximum atomic E-state index is 11.7. The highest BCUT2D eigenvalue weighted by molar-refractivity contribution is 5.81. The highest BCUT2D eigenvalue weighted by atomic mass is 16.2. The molecule has 0 aromatic carbocycles. The first-order valence-corrected chi connectivity index (χ1v) is 5.41. The molecule has 1 aliphatic heterocycles. The lowest BCUT2D eigenvalue weighted by molar-refractivity contribution is -0.129. The molecule has 82 valence electrons. The van der Waals surface area contributed by atoms with Crippen LogP contribution in [-0.2, 0) is 4.79 Å². The van der Waals surface area contributed by atoms with Crippen molar-refractivity contribution in [3.8, 4) is 0 Å². The van der Waals surface area contributed by atoms with Crippen molar-refractivity contribution in [1.29, 1.82) is 0 Å². The molecule has 1 saturated heterocycles. The Hall–Kier alpha value is -0.570. The molecule has 0 aliphatic carbocycles. The summed E-state index contributed by atoms with van der Waals surface area (Å²) in [5.74, 6) is 0.812. The van der Waals surface area contributed by atoms with Crippen LogP contribution < -0.4 is 10.6 Å². The lowest BCUT2D eigenvalue weighted by Gasteiger charge is -2.30. The minimum Gasteiger partial charge on any atom is -0.352 e. The van der Waals surface area contributed by atoms with E-state index in [-0.39, 0.29) is 11.3 Å². The van der Waals surface area contributed by atoms with E-state index >= 15 is 0 Å². The van der Waals surface area contributed by atoms with Crippen LogP contribution >= 0.6 is 0 Å². The van der Waals surface area contributed by atoms with Crippen molar-refractivity contribution < 1.29 is 4.79 Å². The van der Waals surface area contributed by atoms with Gasteiger partial charge in [0.15, 0.2) is 0 Å². The summed E-state index contributed by atoms with van der Waals surface area (Å²) in [5.41, 5.74) is -0.277. The van der Waals surface area contributed by atoms with Gasteiger partial charge < -0.3 is 10.6 Å². The summed E-state index contributed by atoms with van der Waals surface area (Å²) in [6, 6.07) is 0.311. The lowest BCUT2D eigenvalue weighted by Crippen LogP contribution is -2.50. The first-order chi connectivity index (χ1) is 6.39. The zero-order valence-corrected chi connectivity index (χ0v) is 9.68. The van der Waals surface area contributed by atoms with E-state index in [0.29, 0.717) is 12.0 Å². The number of amides is 1. The van der Waals surface area contributed by atoms with Crippen molar-refractivity contribution in [2.75, 3.05) is 13.1 Å². The number of piperidine rings is 1. The largest absolute Gasteiger partial charge is 0.352 e. The molecule has 1 amide bonds. The first kappa shape index (κ1) is 11.5. The van der Waals surface area contributed by atoms with Gasteiger partial charge in [0, 0.05) is 18.0 Å². The molecule has 1 aliphatic rings. The number of hydrogen-bond acceptors (Lipinski definition) is 2. The Kier molecular flexibility index (Phi) is 3.53. The molecule has 0 spiro atoms. The minimum absolute atomic E-state index is 0.151. The molecule has 1 rings (SSSR count). The summed E-state index contributed by atoms with van der Waals surface area (Å²) in [7, 11) is 0. The van der Waals surface area contributed by atoms with Crippen LogP contribution in [0.2, 0.25) is 0 Å². The number of carbonyl (C=O) groups excluding carboxylic acids is 1. The van der Waals surface area contributed by atoms with Gasteiger partial charge in [-0.15, -0.1) is 0 Å². The van der Waals surface area contributed by atoms with Crippen LogP contribution in [0, 0.1) is 11.3 Å². The quantitative estimate of drug-likeness (QED) is 0.663. The number of rotatable bonds is 1. The Morgan fingerprint density at radius 2 is 2.00 bits per heavy atom. The van der Waals surface area contributed by atoms with Crippen molar-refractivity contribution in [2.24, 2.45) is 11.3 Å². The third-order valence-electron chi connectivity index (χ3n) is 2.59. The van der Waals surface area contributed by atoms with Crippen molar-refractivity contribution in [1.82, 2.24) is 10.6 Å². The third kappa shape index (κ3) is 3.29. The summed E-state index contributed by atoms with van der Waals surface area (Å²) in [5, 5.41) is 6.41. The Morgan fingerprint density at radius 1 is 1.36 bits per heavy atom. The standard InChI is InChI=1S/C11H22N2O/c1-8-5-9(7-12-6-8)13-10(14)11(2,3)4/h8-9,12H,5-7H2,1-4H3,(H,13,14). The van der Waals surface area contributed by atoms with E-state index in [4.69, 9.17) is 0 Å². The van der Waals surface area contributed by atoms with Crippen molar-refractivity contribution in [3.05, 3.63) is 0 Å². The topological polar surface area (TPSA) is 41.1 Å². The first-order valence-electron chi connectivity index (χ1n) is 5.41. The minimum atomic E-state index is -0.277. The molecule has 0 saturated carbocycles. The number of hydrogen-bond donors (Lipinski definition) is 2. The summed E-state index contributed by atoms with van der Waals surface area (Å²) in [6.45, 7) is 10.0. The van der Waals surface area contributed by atoms with Gasteiger partial charge in [-0.3, -0.25) is 4.79 Å². The van der Waals surface area contributed by atoms with Gasteiger partial charge in [-0.05, 0) is 18.9 Å². The van der Waals surface area contributed by atoms with Crippen LogP contribution in [0.1, 0.15) is 34.1 Å². The van der Waals surface area contributed by atoms with Gasteiger partial charge in [0.1, 0.15) is 0 Å². The molecule has 2 atom stereocenters. The Bertz CT molecular complexity index is 208. The molecule has 3 nitrogen and oxygen atoms in total. The molecule has 3 heteroatoms. The maximum Gasteiger partial charge on any atom is 0.225 e. The van der Waals surface area contributed by atoms with Gasteiger partial charge >= 0.3 is 0 Å². The predicted molar refractivity (Wildman–Crippen MR) is 58.0 cm³/mol. The van der Waals surface area contributed by atoms with Gasteiger partial charge in [0.05, 0.1) is 0 Å². The van der Waals surface area contributed by atoms with Crippen LogP contribution in [0.4, 0.5) is 0 Å². The zero-order chi connectivity index (χ0) is 10.8. The second-order valence-electron chi connectivity index (χ2n) is 5.42. The molecule has 14 heavy (non-hydrogen) atoms. The third-order valence-corrected chi connectivity index (χ3v) is 2.59. The predicted octanol–water partition coefficient (Wildman–Crippen LogP) is 1.15. The van der Waals surface area contributed by atoms with Crippen LogP contribution in [0.15, 0.2) is 0 Å². The summed E-state index contributed by atoms with van der Waals surface area (Å²) in [6.07, 6.45) is 1.09. The molecule has 2 unspecified atom stereocenters. The van der Waals surface area contributed by atoms with E-state index in [1.54, 1.807) is 0 Å². The van der Waals surface area contributed by atoms with E-state index in [1.165, 1.54) is 0 Å². The van der Waals surface area contributed by atoms with Crippen molar-refractivity contribution in [3.63, 3.8) is 0 Å². The van der Waals surface area contributed by atoms with Crippen LogP contribution in [0.5, 0.6) is 0 Å². The molecule has 0 radical (unpaired) electrons. The summed E-state index contributed by atoms with van der Waals surface area (Å²) >= 11 is 0. The second-order valence-corrected chi connectivity index (χ2v) is 5.42. The van der Waals surface area contributed by atoms with Crippen LogP contribution in [0.3, 0.4) is 0 Å². The monoisotopic (exact) mass is 198 g/mol. The van der Waals surface area contributed by atoms with Gasteiger partial charge in [-0.1, -0.05) is 27.7 Å². The highest BCUT2D eigenvalue weighted by Crippen LogP contribution is 2.15. The fourth-order valence-electron chi connectivity index (χ4n) is 1.67. The van der Waals surface area contributed by atoms with Crippen molar-refractivity contribution >= 4 is 5.91 Å². The van der Waals surface area contributed by atoms with Gasteiger partial charge in [0.2, 0.25) is 5.91 Å². The smallest absolute Gasteiger partial charge is 0.225 e. The Labute approximate surface area is 86.6 Å². The van der Waals surface area contributed by atoms with Crippen molar-refractivity contribution in [2.45, 2.75) is 40.2 Å². The number of nitrogens with one attached hydrogen (secondary N) is 2. The van der Waals surface area contributed by atoms with E-state index in [2.05, 4.69) is 17.6 Å². The zero-order valence-electron chi connectivity index (χ0n) is 9.68. The van der Waals surface area contributed by atoms with Gasteiger partial charge in [0.25, 0.3) is 0 Å². The molecular weight excluding hydrogens is 176 g/mol. The maximum absolute atomic E-state index is 11.7. The lowest BCUT2D eigenvalue weighted by atomic mass is 9.93. The second kappa shape index (κ2) is 4.30. The number of carbonyl (C=O) groups is 1. The average Bonchev–Trinajstić information content (AvgIpc) is 2.02. The average molecular weight is 198 g/mol. The van der Waals surface area contributed by atoms with E-state index in [0.717, 1.165) is 19.5 Å². The molecule has 0 bridgehead atoms. The van der Waals surface area contributed by atoms with Gasteiger partial charge in [-0.2, -0.15) is 0 Å². The molecule has 0 aromatic rings. The highest BCUT2D eigenvalue weighted by Gasteiger charge is 2.26. The molecule has 1 heterocycles.